The van der Waals surface area contributed by atoms with E-state index in [1.54, 1.807) is 5.51 Å². The zero-order chi connectivity index (χ0) is 20.3. The first-order chi connectivity index (χ1) is 13.3. The minimum atomic E-state index is -3.81. The van der Waals surface area contributed by atoms with E-state index in [1.165, 1.54) is 23.5 Å². The standard InChI is InChI=1S/C18H24N4O4S2/c1-12-3-5-14(6-4-12)21-28(25,26)15-7-8-16(17(9-15)22(23)24)19-10-18-13(2)20-11-27-18/h7-9,11-12,14,19,21H,3-6,10H2,1-2H3. The molecule has 3 rings (SSSR count). The quantitative estimate of drug-likeness (QED) is 0.516. The monoisotopic (exact) mass is 424 g/mol. The molecule has 0 radical (unpaired) electrons. The summed E-state index contributed by atoms with van der Waals surface area (Å²) in [7, 11) is -3.81. The van der Waals surface area contributed by atoms with Gasteiger partial charge in [-0.25, -0.2) is 18.1 Å². The summed E-state index contributed by atoms with van der Waals surface area (Å²) in [4.78, 5) is 16.0. The van der Waals surface area contributed by atoms with Crippen molar-refractivity contribution in [2.45, 2.75) is 57.0 Å². The zero-order valence-corrected chi connectivity index (χ0v) is 17.5. The molecule has 2 aromatic rings. The summed E-state index contributed by atoms with van der Waals surface area (Å²) in [5.74, 6) is 0.606. The van der Waals surface area contributed by atoms with Gasteiger partial charge in [0.05, 0.1) is 27.6 Å². The van der Waals surface area contributed by atoms with Crippen LogP contribution in [-0.2, 0) is 16.6 Å². The fourth-order valence-corrected chi connectivity index (χ4v) is 5.36. The second-order valence-electron chi connectivity index (χ2n) is 7.23. The molecule has 10 heteroatoms. The summed E-state index contributed by atoms with van der Waals surface area (Å²) in [5.41, 5.74) is 2.60. The van der Waals surface area contributed by atoms with E-state index in [2.05, 4.69) is 21.9 Å². The number of nitro groups is 1. The van der Waals surface area contributed by atoms with Gasteiger partial charge in [0.2, 0.25) is 10.0 Å². The van der Waals surface area contributed by atoms with E-state index < -0.39 is 14.9 Å². The molecule has 1 aromatic heterocycles. The maximum Gasteiger partial charge on any atom is 0.293 e. The van der Waals surface area contributed by atoms with Gasteiger partial charge in [-0.1, -0.05) is 6.92 Å². The number of rotatable bonds is 7. The average Bonchev–Trinajstić information content (AvgIpc) is 3.06. The van der Waals surface area contributed by atoms with Crippen molar-refractivity contribution in [2.75, 3.05) is 5.32 Å². The van der Waals surface area contributed by atoms with Gasteiger partial charge in [-0.2, -0.15) is 0 Å². The van der Waals surface area contributed by atoms with Gasteiger partial charge in [0.25, 0.3) is 5.69 Å². The minimum Gasteiger partial charge on any atom is -0.375 e. The van der Waals surface area contributed by atoms with E-state index in [1.807, 2.05) is 6.92 Å². The first-order valence-electron chi connectivity index (χ1n) is 9.20. The highest BCUT2D eigenvalue weighted by molar-refractivity contribution is 7.89. The van der Waals surface area contributed by atoms with Crippen molar-refractivity contribution in [3.05, 3.63) is 44.4 Å². The third kappa shape index (κ3) is 4.86. The van der Waals surface area contributed by atoms with Crippen molar-refractivity contribution in [1.29, 1.82) is 0 Å². The maximum absolute atomic E-state index is 12.7. The molecular formula is C18H24N4O4S2. The number of aryl methyl sites for hydroxylation is 1. The molecule has 0 aliphatic heterocycles. The Morgan fingerprint density at radius 3 is 2.61 bits per heavy atom. The molecule has 0 unspecified atom stereocenters. The van der Waals surface area contributed by atoms with Crippen LogP contribution in [0.4, 0.5) is 11.4 Å². The lowest BCUT2D eigenvalue weighted by Gasteiger charge is -2.26. The molecule has 1 fully saturated rings. The fourth-order valence-electron chi connectivity index (χ4n) is 3.32. The number of benzene rings is 1. The topological polar surface area (TPSA) is 114 Å². The Morgan fingerprint density at radius 2 is 2.00 bits per heavy atom. The SMILES string of the molecule is Cc1ncsc1CNc1ccc(S(=O)(=O)NC2CCC(C)CC2)cc1[N+](=O)[O-]. The van der Waals surface area contributed by atoms with E-state index in [9.17, 15) is 18.5 Å². The Kier molecular flexibility index (Phi) is 6.31. The molecule has 28 heavy (non-hydrogen) atoms. The number of aromatic nitrogens is 1. The molecule has 8 nitrogen and oxygen atoms in total. The number of sulfonamides is 1. The lowest BCUT2D eigenvalue weighted by Crippen LogP contribution is -2.37. The highest BCUT2D eigenvalue weighted by atomic mass is 32.2. The normalized spacial score (nSPS) is 20.1. The highest BCUT2D eigenvalue weighted by Crippen LogP contribution is 2.30. The van der Waals surface area contributed by atoms with Crippen LogP contribution in [0.15, 0.2) is 28.6 Å². The minimum absolute atomic E-state index is 0.0858. The highest BCUT2D eigenvalue weighted by Gasteiger charge is 2.26. The van der Waals surface area contributed by atoms with Crippen molar-refractivity contribution in [3.8, 4) is 0 Å². The van der Waals surface area contributed by atoms with Crippen molar-refractivity contribution in [2.24, 2.45) is 5.92 Å². The molecule has 1 aliphatic carbocycles. The van der Waals surface area contributed by atoms with Crippen LogP contribution in [0.25, 0.3) is 0 Å². The first-order valence-corrected chi connectivity index (χ1v) is 11.6. The van der Waals surface area contributed by atoms with E-state index >= 15 is 0 Å². The van der Waals surface area contributed by atoms with Crippen molar-refractivity contribution < 1.29 is 13.3 Å². The summed E-state index contributed by atoms with van der Waals surface area (Å²) in [6.45, 7) is 4.42. The summed E-state index contributed by atoms with van der Waals surface area (Å²) in [6, 6.07) is 3.86. The van der Waals surface area contributed by atoms with Crippen LogP contribution in [0.5, 0.6) is 0 Å². The number of thiazole rings is 1. The van der Waals surface area contributed by atoms with Gasteiger partial charge in [0.15, 0.2) is 0 Å². The Labute approximate surface area is 168 Å². The van der Waals surface area contributed by atoms with Crippen LogP contribution in [0.2, 0.25) is 0 Å². The molecule has 152 valence electrons. The van der Waals surface area contributed by atoms with Crippen LogP contribution in [0.1, 0.15) is 43.2 Å². The maximum atomic E-state index is 12.7. The van der Waals surface area contributed by atoms with Crippen LogP contribution < -0.4 is 10.0 Å². The zero-order valence-electron chi connectivity index (χ0n) is 15.8. The molecule has 0 bridgehead atoms. The second kappa shape index (κ2) is 8.54. The van der Waals surface area contributed by atoms with Gasteiger partial charge in [0.1, 0.15) is 5.69 Å². The predicted octanol–water partition coefficient (Wildman–Crippen LogP) is 3.83. The van der Waals surface area contributed by atoms with E-state index in [-0.39, 0.29) is 22.3 Å². The lowest BCUT2D eigenvalue weighted by atomic mass is 9.88. The summed E-state index contributed by atoms with van der Waals surface area (Å²) in [6.07, 6.45) is 3.53. The molecule has 1 aromatic carbocycles. The first kappa shape index (κ1) is 20.7. The van der Waals surface area contributed by atoms with Gasteiger partial charge in [-0.05, 0) is 50.7 Å². The third-order valence-corrected chi connectivity index (χ3v) is 7.55. The van der Waals surface area contributed by atoms with Crippen LogP contribution in [0, 0.1) is 23.0 Å². The van der Waals surface area contributed by atoms with Crippen molar-refractivity contribution in [1.82, 2.24) is 9.71 Å². The molecule has 0 amide bonds. The van der Waals surface area contributed by atoms with Gasteiger partial charge in [-0.15, -0.1) is 11.3 Å². The number of anilines is 1. The van der Waals surface area contributed by atoms with E-state index in [4.69, 9.17) is 0 Å². The summed E-state index contributed by atoms with van der Waals surface area (Å²) in [5, 5.41) is 14.5. The molecular weight excluding hydrogens is 400 g/mol. The van der Waals surface area contributed by atoms with Crippen LogP contribution in [0.3, 0.4) is 0 Å². The largest absolute Gasteiger partial charge is 0.375 e. The number of nitrogens with zero attached hydrogens (tertiary/aromatic N) is 2. The van der Waals surface area contributed by atoms with Gasteiger partial charge < -0.3 is 5.32 Å². The van der Waals surface area contributed by atoms with Gasteiger partial charge >= 0.3 is 0 Å². The number of nitrogens with one attached hydrogen (secondary N) is 2. The molecule has 2 N–H and O–H groups in total. The van der Waals surface area contributed by atoms with Crippen molar-refractivity contribution >= 4 is 32.7 Å². The Balaban J connectivity index is 1.77. The number of nitro benzene ring substituents is 1. The van der Waals surface area contributed by atoms with E-state index in [0.717, 1.165) is 42.3 Å². The van der Waals surface area contributed by atoms with E-state index in [0.29, 0.717) is 12.5 Å². The lowest BCUT2D eigenvalue weighted by molar-refractivity contribution is -0.384. The Bertz CT molecular complexity index is 950. The summed E-state index contributed by atoms with van der Waals surface area (Å²) < 4.78 is 28.1. The number of hydrogen-bond donors (Lipinski definition) is 2. The third-order valence-electron chi connectivity index (χ3n) is 5.10. The second-order valence-corrected chi connectivity index (χ2v) is 9.88. The molecule has 1 heterocycles. The molecule has 1 saturated carbocycles. The van der Waals surface area contributed by atoms with Crippen LogP contribution in [-0.4, -0.2) is 24.4 Å². The Hall–Kier alpha value is -2.04. The predicted molar refractivity (Wildman–Crippen MR) is 109 cm³/mol. The number of hydrogen-bond acceptors (Lipinski definition) is 7. The molecule has 0 atom stereocenters. The van der Waals surface area contributed by atoms with Gasteiger partial charge in [0, 0.05) is 17.0 Å². The molecule has 0 saturated heterocycles. The van der Waals surface area contributed by atoms with Crippen LogP contribution >= 0.6 is 11.3 Å². The Morgan fingerprint density at radius 1 is 1.29 bits per heavy atom. The average molecular weight is 425 g/mol. The fraction of sp³-hybridized carbons (Fsp3) is 0.500. The molecule has 0 spiro atoms. The smallest absolute Gasteiger partial charge is 0.293 e. The van der Waals surface area contributed by atoms with Gasteiger partial charge in [-0.3, -0.25) is 10.1 Å². The summed E-state index contributed by atoms with van der Waals surface area (Å²) >= 11 is 1.46. The molecule has 1 aliphatic rings. The van der Waals surface area contributed by atoms with Crippen molar-refractivity contribution in [3.63, 3.8) is 0 Å².